The number of halogens is 2. The van der Waals surface area contributed by atoms with Gasteiger partial charge in [0.25, 0.3) is 0 Å². The summed E-state index contributed by atoms with van der Waals surface area (Å²) in [5.74, 6) is -2.10. The Bertz CT molecular complexity index is 375. The number of benzene rings is 1. The molecular formula is C10H11F2NO. The Morgan fingerprint density at radius 2 is 1.79 bits per heavy atom. The minimum Gasteiger partial charge on any atom is -0.505 e. The van der Waals surface area contributed by atoms with E-state index in [1.54, 1.807) is 0 Å². The van der Waals surface area contributed by atoms with E-state index in [1.807, 2.05) is 0 Å². The van der Waals surface area contributed by atoms with Crippen LogP contribution in [0.25, 0.3) is 0 Å². The Labute approximate surface area is 80.4 Å². The molecule has 1 fully saturated rings. The van der Waals surface area contributed by atoms with E-state index in [0.29, 0.717) is 12.8 Å². The predicted octanol–water partition coefficient (Wildman–Crippen LogP) is 2.01. The molecule has 0 atom stereocenters. The van der Waals surface area contributed by atoms with Crippen LogP contribution in [0.4, 0.5) is 8.78 Å². The van der Waals surface area contributed by atoms with Crippen LogP contribution in [0.1, 0.15) is 24.8 Å². The zero-order valence-electron chi connectivity index (χ0n) is 7.56. The quantitative estimate of drug-likeness (QED) is 0.726. The number of hydrogen-bond donors (Lipinski definition) is 2. The Morgan fingerprint density at radius 3 is 2.29 bits per heavy atom. The molecule has 1 saturated carbocycles. The van der Waals surface area contributed by atoms with Crippen LogP contribution < -0.4 is 5.73 Å². The molecule has 0 spiro atoms. The van der Waals surface area contributed by atoms with Crippen LogP contribution in [0, 0.1) is 11.6 Å². The van der Waals surface area contributed by atoms with Gasteiger partial charge in [-0.2, -0.15) is 0 Å². The molecule has 2 rings (SSSR count). The Balaban J connectivity index is 2.56. The van der Waals surface area contributed by atoms with Gasteiger partial charge in [-0.05, 0) is 31.4 Å². The summed E-state index contributed by atoms with van der Waals surface area (Å²) in [6, 6.07) is 1.90. The average Bonchev–Trinajstić information content (AvgIpc) is 2.09. The Morgan fingerprint density at radius 1 is 1.21 bits per heavy atom. The first-order chi connectivity index (χ1) is 6.54. The standard InChI is InChI=1S/C10H11F2NO/c11-6-2-3-7(12)9(14)8(6)10(13)4-1-5-10/h2-3,14H,1,4-5,13H2. The zero-order chi connectivity index (χ0) is 10.3. The molecular weight excluding hydrogens is 188 g/mol. The molecule has 0 unspecified atom stereocenters. The van der Waals surface area contributed by atoms with Crippen molar-refractivity contribution in [3.8, 4) is 5.75 Å². The van der Waals surface area contributed by atoms with Gasteiger partial charge in [-0.15, -0.1) is 0 Å². The number of aromatic hydroxyl groups is 1. The number of phenols is 1. The van der Waals surface area contributed by atoms with Gasteiger partial charge in [-0.25, -0.2) is 8.78 Å². The van der Waals surface area contributed by atoms with Crippen molar-refractivity contribution in [2.24, 2.45) is 5.73 Å². The highest BCUT2D eigenvalue weighted by molar-refractivity contribution is 5.41. The highest BCUT2D eigenvalue weighted by atomic mass is 19.1. The SMILES string of the molecule is NC1(c2c(F)ccc(F)c2O)CCC1. The summed E-state index contributed by atoms with van der Waals surface area (Å²) in [5.41, 5.74) is 4.87. The van der Waals surface area contributed by atoms with Crippen LogP contribution in [0.3, 0.4) is 0 Å². The average molecular weight is 199 g/mol. The van der Waals surface area contributed by atoms with Crippen molar-refractivity contribution in [1.82, 2.24) is 0 Å². The van der Waals surface area contributed by atoms with Crippen LogP contribution in [-0.2, 0) is 5.54 Å². The maximum Gasteiger partial charge on any atom is 0.165 e. The van der Waals surface area contributed by atoms with E-state index in [-0.39, 0.29) is 5.56 Å². The van der Waals surface area contributed by atoms with Gasteiger partial charge in [0.2, 0.25) is 0 Å². The molecule has 0 aromatic heterocycles. The summed E-state index contributed by atoms with van der Waals surface area (Å²) in [5, 5.41) is 9.38. The molecule has 1 aliphatic rings. The van der Waals surface area contributed by atoms with Crippen molar-refractivity contribution < 1.29 is 13.9 Å². The van der Waals surface area contributed by atoms with Gasteiger partial charge < -0.3 is 10.8 Å². The molecule has 4 heteroatoms. The Hall–Kier alpha value is -1.16. The largest absolute Gasteiger partial charge is 0.505 e. The molecule has 1 aliphatic carbocycles. The normalized spacial score (nSPS) is 19.1. The highest BCUT2D eigenvalue weighted by Crippen LogP contribution is 2.44. The number of nitrogens with two attached hydrogens (primary N) is 1. The molecule has 3 N–H and O–H groups in total. The van der Waals surface area contributed by atoms with E-state index in [0.717, 1.165) is 18.6 Å². The minimum absolute atomic E-state index is 0.0799. The molecule has 1 aromatic carbocycles. The van der Waals surface area contributed by atoms with Gasteiger partial charge in [0.15, 0.2) is 11.6 Å². The lowest BCUT2D eigenvalue weighted by atomic mass is 9.72. The van der Waals surface area contributed by atoms with Crippen molar-refractivity contribution in [3.63, 3.8) is 0 Å². The first kappa shape index (κ1) is 9.40. The summed E-state index contributed by atoms with van der Waals surface area (Å²) >= 11 is 0. The molecule has 0 saturated heterocycles. The van der Waals surface area contributed by atoms with Crippen molar-refractivity contribution in [2.75, 3.05) is 0 Å². The predicted molar refractivity (Wildman–Crippen MR) is 47.7 cm³/mol. The fraction of sp³-hybridized carbons (Fsp3) is 0.400. The van der Waals surface area contributed by atoms with Crippen molar-refractivity contribution >= 4 is 0 Å². The summed E-state index contributed by atoms with van der Waals surface area (Å²) in [7, 11) is 0. The van der Waals surface area contributed by atoms with Crippen LogP contribution >= 0.6 is 0 Å². The molecule has 14 heavy (non-hydrogen) atoms. The first-order valence-corrected chi connectivity index (χ1v) is 4.51. The van der Waals surface area contributed by atoms with Crippen molar-refractivity contribution in [2.45, 2.75) is 24.8 Å². The Kier molecular flexibility index (Phi) is 1.96. The summed E-state index contributed by atoms with van der Waals surface area (Å²) in [6.45, 7) is 0. The van der Waals surface area contributed by atoms with Crippen LogP contribution in [0.2, 0.25) is 0 Å². The summed E-state index contributed by atoms with van der Waals surface area (Å²) in [6.07, 6.45) is 2.05. The molecule has 0 amide bonds. The highest BCUT2D eigenvalue weighted by Gasteiger charge is 2.39. The number of hydrogen-bond acceptors (Lipinski definition) is 2. The zero-order valence-corrected chi connectivity index (χ0v) is 7.56. The second-order valence-corrected chi connectivity index (χ2v) is 3.76. The van der Waals surface area contributed by atoms with E-state index in [1.165, 1.54) is 0 Å². The molecule has 76 valence electrons. The monoisotopic (exact) mass is 199 g/mol. The third-order valence-electron chi connectivity index (χ3n) is 2.82. The lowest BCUT2D eigenvalue weighted by Gasteiger charge is -2.38. The summed E-state index contributed by atoms with van der Waals surface area (Å²) < 4.78 is 26.3. The molecule has 2 nitrogen and oxygen atoms in total. The van der Waals surface area contributed by atoms with E-state index in [4.69, 9.17) is 5.73 Å². The maximum absolute atomic E-state index is 13.3. The molecule has 0 aliphatic heterocycles. The smallest absolute Gasteiger partial charge is 0.165 e. The van der Waals surface area contributed by atoms with E-state index in [9.17, 15) is 13.9 Å². The second kappa shape index (κ2) is 2.92. The van der Waals surface area contributed by atoms with Gasteiger partial charge in [-0.3, -0.25) is 0 Å². The van der Waals surface area contributed by atoms with E-state index < -0.39 is 22.9 Å². The maximum atomic E-state index is 13.3. The molecule has 1 aromatic rings. The van der Waals surface area contributed by atoms with E-state index in [2.05, 4.69) is 0 Å². The fourth-order valence-corrected chi connectivity index (χ4v) is 1.82. The topological polar surface area (TPSA) is 46.2 Å². The van der Waals surface area contributed by atoms with Gasteiger partial charge in [0, 0.05) is 5.54 Å². The first-order valence-electron chi connectivity index (χ1n) is 4.51. The third-order valence-corrected chi connectivity index (χ3v) is 2.82. The van der Waals surface area contributed by atoms with Gasteiger partial charge in [0.05, 0.1) is 5.56 Å². The van der Waals surface area contributed by atoms with Crippen LogP contribution in [0.15, 0.2) is 12.1 Å². The third kappa shape index (κ3) is 1.18. The molecule has 0 bridgehead atoms. The lowest BCUT2D eigenvalue weighted by Crippen LogP contribution is -2.44. The molecule has 0 radical (unpaired) electrons. The van der Waals surface area contributed by atoms with Crippen LogP contribution in [0.5, 0.6) is 5.75 Å². The number of phenolic OH excluding ortho intramolecular Hbond substituents is 1. The van der Waals surface area contributed by atoms with Gasteiger partial charge >= 0.3 is 0 Å². The van der Waals surface area contributed by atoms with Crippen molar-refractivity contribution in [3.05, 3.63) is 29.3 Å². The lowest BCUT2D eigenvalue weighted by molar-refractivity contribution is 0.233. The van der Waals surface area contributed by atoms with Crippen molar-refractivity contribution in [1.29, 1.82) is 0 Å². The van der Waals surface area contributed by atoms with E-state index >= 15 is 0 Å². The fourth-order valence-electron chi connectivity index (χ4n) is 1.82. The number of rotatable bonds is 1. The minimum atomic E-state index is -0.879. The summed E-state index contributed by atoms with van der Waals surface area (Å²) in [4.78, 5) is 0. The molecule has 0 heterocycles. The van der Waals surface area contributed by atoms with Crippen LogP contribution in [-0.4, -0.2) is 5.11 Å². The second-order valence-electron chi connectivity index (χ2n) is 3.76. The van der Waals surface area contributed by atoms with Gasteiger partial charge in [0.1, 0.15) is 5.82 Å². The van der Waals surface area contributed by atoms with Gasteiger partial charge in [-0.1, -0.05) is 0 Å².